The molecule has 0 aromatic heterocycles. The van der Waals surface area contributed by atoms with Gasteiger partial charge in [0.05, 0.1) is 18.9 Å². The Labute approximate surface area is 213 Å². The number of aryl methyl sites for hydroxylation is 2. The molecule has 0 fully saturated rings. The first-order valence-corrected chi connectivity index (χ1v) is 10.8. The van der Waals surface area contributed by atoms with Gasteiger partial charge in [-0.15, -0.1) is 24.8 Å². The molecule has 0 spiro atoms. The number of hydroxylamine groups is 1. The summed E-state index contributed by atoms with van der Waals surface area (Å²) in [4.78, 5) is 39.8. The van der Waals surface area contributed by atoms with Gasteiger partial charge in [-0.05, 0) is 42.4 Å². The average molecular weight is 513 g/mol. The van der Waals surface area contributed by atoms with E-state index >= 15 is 0 Å². The van der Waals surface area contributed by atoms with Gasteiger partial charge in [0.2, 0.25) is 5.91 Å². The number of rotatable bonds is 12. The topological polar surface area (TPSA) is 137 Å². The van der Waals surface area contributed by atoms with Crippen molar-refractivity contribution in [1.29, 1.82) is 0 Å². The van der Waals surface area contributed by atoms with Gasteiger partial charge in [-0.1, -0.05) is 54.6 Å². The maximum Gasteiger partial charge on any atom is 0.334 e. The predicted molar refractivity (Wildman–Crippen MR) is 137 cm³/mol. The van der Waals surface area contributed by atoms with E-state index in [1.807, 2.05) is 30.3 Å². The lowest BCUT2D eigenvalue weighted by Crippen LogP contribution is -2.45. The Balaban J connectivity index is 0.00000544. The molecule has 2 rings (SSSR count). The fraction of sp³-hybridized carbons (Fsp3) is 0.375. The number of hydrogen-bond acceptors (Lipinski definition) is 6. The number of hydrogen-bond donors (Lipinski definition) is 4. The summed E-state index contributed by atoms with van der Waals surface area (Å²) in [5.41, 5.74) is 16.3. The Kier molecular flexibility index (Phi) is 16.4. The van der Waals surface area contributed by atoms with Crippen molar-refractivity contribution >= 4 is 42.6 Å². The molecule has 2 amide bonds. The van der Waals surface area contributed by atoms with Gasteiger partial charge < -0.3 is 21.6 Å². The van der Waals surface area contributed by atoms with Crippen molar-refractivity contribution in [1.82, 2.24) is 10.8 Å². The second kappa shape index (κ2) is 17.8. The minimum atomic E-state index is -0.814. The van der Waals surface area contributed by atoms with Crippen LogP contribution in [0.2, 0.25) is 0 Å². The minimum absolute atomic E-state index is 0. The molecule has 0 aliphatic rings. The van der Waals surface area contributed by atoms with Crippen LogP contribution in [0.5, 0.6) is 0 Å². The third-order valence-corrected chi connectivity index (χ3v) is 4.91. The average Bonchev–Trinajstić information content (AvgIpc) is 2.81. The predicted octanol–water partition coefficient (Wildman–Crippen LogP) is 2.00. The lowest BCUT2D eigenvalue weighted by Gasteiger charge is -2.10. The van der Waals surface area contributed by atoms with Crippen LogP contribution in [0, 0.1) is 0 Å². The molecule has 1 atom stereocenters. The van der Waals surface area contributed by atoms with Crippen molar-refractivity contribution in [2.24, 2.45) is 11.5 Å². The Hall–Kier alpha value is -2.65. The largest absolute Gasteiger partial charge is 0.354 e. The van der Waals surface area contributed by atoms with Gasteiger partial charge in [-0.25, -0.2) is 4.79 Å². The number of carbonyl (C=O) groups is 3. The zero-order valence-electron chi connectivity index (χ0n) is 19.0. The highest BCUT2D eigenvalue weighted by atomic mass is 35.5. The van der Waals surface area contributed by atoms with E-state index in [1.165, 1.54) is 11.1 Å². The summed E-state index contributed by atoms with van der Waals surface area (Å²) in [6.45, 7) is 0.0651. The Bertz CT molecular complexity index is 867. The highest BCUT2D eigenvalue weighted by molar-refractivity contribution is 5.85. The van der Waals surface area contributed by atoms with Gasteiger partial charge in [0.25, 0.3) is 5.91 Å². The van der Waals surface area contributed by atoms with E-state index in [9.17, 15) is 14.4 Å². The van der Waals surface area contributed by atoms with Crippen LogP contribution in [-0.4, -0.2) is 36.9 Å². The van der Waals surface area contributed by atoms with Crippen molar-refractivity contribution in [3.05, 3.63) is 71.3 Å². The van der Waals surface area contributed by atoms with E-state index < -0.39 is 23.8 Å². The second-order valence-electron chi connectivity index (χ2n) is 7.57. The number of benzene rings is 2. The van der Waals surface area contributed by atoms with E-state index in [2.05, 4.69) is 35.1 Å². The van der Waals surface area contributed by atoms with Crippen LogP contribution in [0.25, 0.3) is 0 Å². The first-order valence-electron chi connectivity index (χ1n) is 10.8. The van der Waals surface area contributed by atoms with Crippen LogP contribution in [-0.2, 0) is 38.5 Å². The summed E-state index contributed by atoms with van der Waals surface area (Å²) in [6, 6.07) is 17.5. The Morgan fingerprint density at radius 1 is 0.853 bits per heavy atom. The number of unbranched alkanes of at least 4 members (excludes halogenated alkanes) is 1. The van der Waals surface area contributed by atoms with Crippen LogP contribution in [0.4, 0.5) is 0 Å². The highest BCUT2D eigenvalue weighted by Crippen LogP contribution is 2.11. The minimum Gasteiger partial charge on any atom is -0.354 e. The van der Waals surface area contributed by atoms with Crippen molar-refractivity contribution in [2.45, 2.75) is 44.6 Å². The van der Waals surface area contributed by atoms with E-state index in [-0.39, 0.29) is 50.7 Å². The van der Waals surface area contributed by atoms with Crippen molar-refractivity contribution in [3.63, 3.8) is 0 Å². The van der Waals surface area contributed by atoms with Crippen LogP contribution in [0.15, 0.2) is 54.6 Å². The number of carbonyl (C=O) groups excluding carboxylic acids is 3. The molecule has 0 bridgehead atoms. The molecule has 0 heterocycles. The summed E-state index contributed by atoms with van der Waals surface area (Å²) >= 11 is 0. The zero-order valence-corrected chi connectivity index (χ0v) is 20.7. The number of nitrogens with two attached hydrogens (primary N) is 2. The van der Waals surface area contributed by atoms with Gasteiger partial charge in [0.1, 0.15) is 0 Å². The van der Waals surface area contributed by atoms with Gasteiger partial charge in [-0.3, -0.25) is 9.59 Å². The highest BCUT2D eigenvalue weighted by Gasteiger charge is 2.12. The molecule has 188 valence electrons. The summed E-state index contributed by atoms with van der Waals surface area (Å²) < 4.78 is 0. The van der Waals surface area contributed by atoms with Crippen molar-refractivity contribution < 1.29 is 19.2 Å². The second-order valence-corrected chi connectivity index (χ2v) is 7.57. The Morgan fingerprint density at radius 2 is 1.41 bits per heavy atom. The van der Waals surface area contributed by atoms with Gasteiger partial charge in [0, 0.05) is 13.1 Å². The third kappa shape index (κ3) is 12.6. The zero-order chi connectivity index (χ0) is 23.2. The van der Waals surface area contributed by atoms with E-state index in [4.69, 9.17) is 16.3 Å². The fourth-order valence-electron chi connectivity index (χ4n) is 3.04. The Morgan fingerprint density at radius 3 is 2.00 bits per heavy atom. The smallest absolute Gasteiger partial charge is 0.334 e. The van der Waals surface area contributed by atoms with E-state index in [1.54, 1.807) is 0 Å². The molecule has 8 nitrogen and oxygen atoms in total. The summed E-state index contributed by atoms with van der Waals surface area (Å²) in [5, 5.41) is 2.47. The standard InChI is InChI=1S/C24H32N4O4.2ClH/c25-17-21(26)24(31)27-15-14-23(30)32-28-22(29)16-20-12-10-19(11-13-20)9-5-4-8-18-6-2-1-3-7-18;;/h1-3,6-7,10-13,21H,4-5,8-9,14-17,25-26H2,(H,27,31)(H,28,29);2*1H. The fourth-order valence-corrected chi connectivity index (χ4v) is 3.04. The van der Waals surface area contributed by atoms with Gasteiger partial charge in [-0.2, -0.15) is 5.48 Å². The summed E-state index contributed by atoms with van der Waals surface area (Å²) in [5.74, 6) is -1.53. The molecule has 10 heteroatoms. The summed E-state index contributed by atoms with van der Waals surface area (Å²) in [7, 11) is 0. The molecule has 34 heavy (non-hydrogen) atoms. The van der Waals surface area contributed by atoms with E-state index in [0.29, 0.717) is 0 Å². The molecular weight excluding hydrogens is 479 g/mol. The van der Waals surface area contributed by atoms with Crippen LogP contribution in [0.3, 0.4) is 0 Å². The molecule has 2 aromatic rings. The molecule has 0 aliphatic heterocycles. The van der Waals surface area contributed by atoms with Crippen LogP contribution < -0.4 is 22.3 Å². The first kappa shape index (κ1) is 31.4. The summed E-state index contributed by atoms with van der Waals surface area (Å²) in [6.07, 6.45) is 4.30. The maximum absolute atomic E-state index is 12.0. The van der Waals surface area contributed by atoms with Crippen LogP contribution >= 0.6 is 24.8 Å². The molecule has 0 saturated heterocycles. The lowest BCUT2D eigenvalue weighted by molar-refractivity contribution is -0.158. The van der Waals surface area contributed by atoms with Crippen molar-refractivity contribution in [2.75, 3.05) is 13.1 Å². The number of nitrogens with one attached hydrogen (secondary N) is 2. The number of amides is 2. The molecular formula is C24H34Cl2N4O4. The molecule has 6 N–H and O–H groups in total. The monoisotopic (exact) mass is 512 g/mol. The van der Waals surface area contributed by atoms with Gasteiger partial charge in [0.15, 0.2) is 0 Å². The normalized spacial score (nSPS) is 10.8. The van der Waals surface area contributed by atoms with E-state index in [0.717, 1.165) is 31.2 Å². The molecule has 0 aliphatic carbocycles. The van der Waals surface area contributed by atoms with Gasteiger partial charge >= 0.3 is 5.97 Å². The molecule has 0 saturated carbocycles. The number of halogens is 2. The first-order chi connectivity index (χ1) is 15.5. The molecule has 1 unspecified atom stereocenters. The SMILES string of the molecule is Cl.Cl.NCC(N)C(=O)NCCC(=O)ONC(=O)Cc1ccc(CCCCc2ccccc2)cc1. The third-order valence-electron chi connectivity index (χ3n) is 4.91. The van der Waals surface area contributed by atoms with Crippen LogP contribution in [0.1, 0.15) is 36.0 Å². The maximum atomic E-state index is 12.0. The lowest BCUT2D eigenvalue weighted by atomic mass is 10.0. The molecule has 0 radical (unpaired) electrons. The molecule has 2 aromatic carbocycles. The quantitative estimate of drug-likeness (QED) is 0.253. The van der Waals surface area contributed by atoms with Crippen molar-refractivity contribution in [3.8, 4) is 0 Å².